The summed E-state index contributed by atoms with van der Waals surface area (Å²) in [6, 6.07) is 0. The van der Waals surface area contributed by atoms with Crippen molar-refractivity contribution in [2.45, 2.75) is 90.8 Å². The van der Waals surface area contributed by atoms with Crippen LogP contribution in [0.2, 0.25) is 0 Å². The van der Waals surface area contributed by atoms with Crippen molar-refractivity contribution in [2.75, 3.05) is 39.3 Å². The Morgan fingerprint density at radius 1 is 0.938 bits per heavy atom. The van der Waals surface area contributed by atoms with Gasteiger partial charge in [-0.15, -0.1) is 0 Å². The van der Waals surface area contributed by atoms with Crippen LogP contribution in [0.4, 0.5) is 8.78 Å². The molecule has 0 aliphatic carbocycles. The zero-order valence-electron chi connectivity index (χ0n) is 20.2. The van der Waals surface area contributed by atoms with Gasteiger partial charge in [0.15, 0.2) is 6.10 Å². The summed E-state index contributed by atoms with van der Waals surface area (Å²) < 4.78 is 47.5. The van der Waals surface area contributed by atoms with Gasteiger partial charge in [-0.3, -0.25) is 0 Å². The van der Waals surface area contributed by atoms with Crippen molar-refractivity contribution < 1.29 is 42.6 Å². The molecular formula is C20H43F2N2O7P. The highest BCUT2D eigenvalue weighted by atomic mass is 31.2. The zero-order chi connectivity index (χ0) is 25.2. The minimum Gasteiger partial charge on any atom is -0.387 e. The number of hydrogen-bond acceptors (Lipinski definition) is 7. The summed E-state index contributed by atoms with van der Waals surface area (Å²) in [4.78, 5) is 22.1. The van der Waals surface area contributed by atoms with Crippen molar-refractivity contribution in [2.24, 2.45) is 0 Å². The topological polar surface area (TPSA) is 123 Å². The standard InChI is InChI=1S/C8H13F2O7P.2C6H15N/c9-8(10)6(12)5(11)4-2-1-3-7(8,16-4)17-18(13,14)15;2*1-4-7(5-2)6-3/h4-6,11-12H,1-3H2,(H2,13,14,15);2*4-6H2,1-3H3/t4-,5-,6-,7-;;/m1../s1. The summed E-state index contributed by atoms with van der Waals surface area (Å²) >= 11 is 0. The van der Waals surface area contributed by atoms with Crippen molar-refractivity contribution in [3.8, 4) is 0 Å². The van der Waals surface area contributed by atoms with Gasteiger partial charge < -0.3 is 34.5 Å². The van der Waals surface area contributed by atoms with Crippen LogP contribution >= 0.6 is 7.82 Å². The molecular weight excluding hydrogens is 449 g/mol. The number of aliphatic hydroxyl groups is 2. The lowest BCUT2D eigenvalue weighted by molar-refractivity contribution is -0.407. The second-order valence-electron chi connectivity index (χ2n) is 7.68. The number of fused-ring (bicyclic) bond motifs is 2. The van der Waals surface area contributed by atoms with Crippen molar-refractivity contribution in [1.29, 1.82) is 0 Å². The number of alkyl halides is 2. The monoisotopic (exact) mass is 492 g/mol. The largest absolute Gasteiger partial charge is 0.472 e. The zero-order valence-corrected chi connectivity index (χ0v) is 21.1. The van der Waals surface area contributed by atoms with Crippen LogP contribution in [0.3, 0.4) is 0 Å². The fraction of sp³-hybridized carbons (Fsp3) is 1.00. The first-order chi connectivity index (χ1) is 14.8. The molecule has 2 aliphatic rings. The minimum absolute atomic E-state index is 0.129. The molecule has 0 aromatic carbocycles. The van der Waals surface area contributed by atoms with Gasteiger partial charge >= 0.3 is 13.7 Å². The van der Waals surface area contributed by atoms with Gasteiger partial charge in [-0.1, -0.05) is 41.5 Å². The molecule has 2 bridgehead atoms. The fourth-order valence-corrected chi connectivity index (χ4v) is 4.33. The Kier molecular flexibility index (Phi) is 14.1. The van der Waals surface area contributed by atoms with E-state index < -0.39 is 44.3 Å². The van der Waals surface area contributed by atoms with Gasteiger partial charge in [-0.2, -0.15) is 8.78 Å². The van der Waals surface area contributed by atoms with Crippen molar-refractivity contribution >= 4 is 7.82 Å². The van der Waals surface area contributed by atoms with Crippen LogP contribution in [0, 0.1) is 0 Å². The molecule has 2 heterocycles. The average molecular weight is 493 g/mol. The van der Waals surface area contributed by atoms with Crippen molar-refractivity contribution in [3.63, 3.8) is 0 Å². The Morgan fingerprint density at radius 3 is 1.66 bits per heavy atom. The first-order valence-corrected chi connectivity index (χ1v) is 12.9. The Labute approximate surface area is 190 Å². The molecule has 32 heavy (non-hydrogen) atoms. The molecule has 0 aromatic heterocycles. The highest BCUT2D eigenvalue weighted by molar-refractivity contribution is 7.46. The van der Waals surface area contributed by atoms with E-state index in [1.807, 2.05) is 0 Å². The number of nitrogens with zero attached hydrogens (tertiary/aromatic N) is 2. The fourth-order valence-electron chi connectivity index (χ4n) is 3.69. The smallest absolute Gasteiger partial charge is 0.387 e. The highest BCUT2D eigenvalue weighted by Gasteiger charge is 2.70. The number of halogens is 2. The van der Waals surface area contributed by atoms with Crippen LogP contribution in [-0.4, -0.2) is 99.1 Å². The van der Waals surface area contributed by atoms with Gasteiger partial charge in [0.05, 0.1) is 6.10 Å². The number of ether oxygens (including phenoxy) is 1. The molecule has 2 fully saturated rings. The molecule has 2 rings (SSSR count). The van der Waals surface area contributed by atoms with E-state index in [-0.39, 0.29) is 12.8 Å². The third kappa shape index (κ3) is 8.85. The Bertz CT molecular complexity index is 539. The summed E-state index contributed by atoms with van der Waals surface area (Å²) in [6.07, 6.45) is -5.62. The van der Waals surface area contributed by atoms with Gasteiger partial charge in [0, 0.05) is 6.42 Å². The molecule has 0 aromatic rings. The van der Waals surface area contributed by atoms with Gasteiger partial charge in [0.25, 0.3) is 0 Å². The maximum atomic E-state index is 13.9. The lowest BCUT2D eigenvalue weighted by Gasteiger charge is -2.52. The SMILES string of the molecule is CCN(CC)CC.CCN(CC)CC.O=P(O)(O)O[C@@]12CCC[C@@H](O1)[C@@H](O)[C@@H](O)C2(F)F. The van der Waals surface area contributed by atoms with Gasteiger partial charge in [0.2, 0.25) is 5.79 Å². The molecule has 12 heteroatoms. The molecule has 0 saturated carbocycles. The maximum Gasteiger partial charge on any atom is 0.472 e. The van der Waals surface area contributed by atoms with E-state index in [1.165, 1.54) is 39.3 Å². The highest BCUT2D eigenvalue weighted by Crippen LogP contribution is 2.56. The molecule has 194 valence electrons. The van der Waals surface area contributed by atoms with E-state index in [1.54, 1.807) is 0 Å². The van der Waals surface area contributed by atoms with E-state index in [0.29, 0.717) is 0 Å². The van der Waals surface area contributed by atoms with Crippen LogP contribution in [-0.2, 0) is 13.8 Å². The number of aliphatic hydroxyl groups excluding tert-OH is 2. The Balaban J connectivity index is 0.000000570. The normalized spacial score (nSPS) is 29.1. The lowest BCUT2D eigenvalue weighted by atomic mass is 9.82. The van der Waals surface area contributed by atoms with E-state index in [0.717, 1.165) is 0 Å². The predicted molar refractivity (Wildman–Crippen MR) is 118 cm³/mol. The minimum atomic E-state index is -5.23. The maximum absolute atomic E-state index is 13.9. The second-order valence-corrected chi connectivity index (χ2v) is 8.84. The average Bonchev–Trinajstić information content (AvgIpc) is 2.74. The first-order valence-electron chi connectivity index (χ1n) is 11.4. The van der Waals surface area contributed by atoms with E-state index in [9.17, 15) is 23.6 Å². The quantitative estimate of drug-likeness (QED) is 0.378. The molecule has 2 aliphatic heterocycles. The molecule has 4 N–H and O–H groups in total. The van der Waals surface area contributed by atoms with Crippen LogP contribution in [0.1, 0.15) is 60.8 Å². The van der Waals surface area contributed by atoms with Crippen LogP contribution < -0.4 is 0 Å². The first kappa shape index (κ1) is 31.8. The van der Waals surface area contributed by atoms with Gasteiger partial charge in [0.1, 0.15) is 6.10 Å². The Hall–Kier alpha value is -0.230. The summed E-state index contributed by atoms with van der Waals surface area (Å²) in [7, 11) is -5.23. The number of hydrogen-bond donors (Lipinski definition) is 4. The van der Waals surface area contributed by atoms with E-state index in [4.69, 9.17) is 14.5 Å². The third-order valence-corrected chi connectivity index (χ3v) is 6.40. The number of phosphoric acid groups is 1. The molecule has 0 amide bonds. The van der Waals surface area contributed by atoms with Gasteiger partial charge in [-0.25, -0.2) is 9.09 Å². The third-order valence-electron chi connectivity index (χ3n) is 5.87. The van der Waals surface area contributed by atoms with Crippen LogP contribution in [0.5, 0.6) is 0 Å². The molecule has 0 radical (unpaired) electrons. The molecule has 2 saturated heterocycles. The predicted octanol–water partition coefficient (Wildman–Crippen LogP) is 2.43. The van der Waals surface area contributed by atoms with Crippen LogP contribution in [0.15, 0.2) is 0 Å². The van der Waals surface area contributed by atoms with Gasteiger partial charge in [-0.05, 0) is 52.1 Å². The summed E-state index contributed by atoms with van der Waals surface area (Å²) in [5.41, 5.74) is 0. The lowest BCUT2D eigenvalue weighted by Crippen LogP contribution is -2.70. The Morgan fingerprint density at radius 2 is 1.34 bits per heavy atom. The van der Waals surface area contributed by atoms with Crippen LogP contribution in [0.25, 0.3) is 0 Å². The van der Waals surface area contributed by atoms with Crippen molar-refractivity contribution in [1.82, 2.24) is 9.80 Å². The van der Waals surface area contributed by atoms with E-state index in [2.05, 4.69) is 55.9 Å². The molecule has 4 atom stereocenters. The number of rotatable bonds is 8. The second kappa shape index (κ2) is 14.2. The summed E-state index contributed by atoms with van der Waals surface area (Å²) in [5.74, 6) is -7.02. The van der Waals surface area contributed by atoms with E-state index >= 15 is 0 Å². The summed E-state index contributed by atoms with van der Waals surface area (Å²) in [5, 5.41) is 18.8. The summed E-state index contributed by atoms with van der Waals surface area (Å²) in [6.45, 7) is 20.2. The number of phosphoric ester groups is 1. The molecule has 0 unspecified atom stereocenters. The molecule has 9 nitrogen and oxygen atoms in total. The molecule has 0 spiro atoms. The van der Waals surface area contributed by atoms with Crippen molar-refractivity contribution in [3.05, 3.63) is 0 Å².